The van der Waals surface area contributed by atoms with E-state index in [9.17, 15) is 4.79 Å². The van der Waals surface area contributed by atoms with Crippen LogP contribution in [0.2, 0.25) is 0 Å². The maximum Gasteiger partial charge on any atom is 0.201 e. The van der Waals surface area contributed by atoms with E-state index in [1.54, 1.807) is 0 Å². The molecule has 3 heteroatoms. The topological polar surface area (TPSA) is 26.3 Å². The molecule has 0 radical (unpaired) electrons. The van der Waals surface area contributed by atoms with Gasteiger partial charge in [-0.2, -0.15) is 0 Å². The van der Waals surface area contributed by atoms with Crippen LogP contribution in [-0.4, -0.2) is 18.5 Å². The smallest absolute Gasteiger partial charge is 0.201 e. The van der Waals surface area contributed by atoms with E-state index >= 15 is 0 Å². The lowest BCUT2D eigenvalue weighted by atomic mass is 10.1. The van der Waals surface area contributed by atoms with Gasteiger partial charge < -0.3 is 4.74 Å². The minimum atomic E-state index is -0.266. The van der Waals surface area contributed by atoms with Crippen molar-refractivity contribution in [3.05, 3.63) is 21.9 Å². The van der Waals surface area contributed by atoms with Crippen LogP contribution in [0.15, 0.2) is 11.4 Å². The molecule has 1 heterocycles. The minimum absolute atomic E-state index is 0.127. The van der Waals surface area contributed by atoms with Gasteiger partial charge in [-0.3, -0.25) is 4.79 Å². The van der Waals surface area contributed by atoms with Crippen LogP contribution in [0.5, 0.6) is 0 Å². The summed E-state index contributed by atoms with van der Waals surface area (Å²) in [5.41, 5.74) is 1.05. The van der Waals surface area contributed by atoms with E-state index in [-0.39, 0.29) is 11.9 Å². The first kappa shape index (κ1) is 11.4. The molecule has 0 aliphatic heterocycles. The second-order valence-electron chi connectivity index (χ2n) is 3.15. The molecule has 0 fully saturated rings. The highest BCUT2D eigenvalue weighted by Crippen LogP contribution is 2.19. The fourth-order valence-electron chi connectivity index (χ4n) is 1.35. The Labute approximate surface area is 88.9 Å². The molecule has 1 aromatic rings. The molecule has 1 atom stereocenters. The summed E-state index contributed by atoms with van der Waals surface area (Å²) < 4.78 is 5.39. The van der Waals surface area contributed by atoms with Crippen molar-refractivity contribution >= 4 is 17.1 Å². The van der Waals surface area contributed by atoms with Gasteiger partial charge >= 0.3 is 0 Å². The summed E-state index contributed by atoms with van der Waals surface area (Å²) in [6, 6.07) is 1.97. The molecule has 0 spiro atoms. The maximum atomic E-state index is 11.9. The lowest BCUT2D eigenvalue weighted by molar-refractivity contribution is 0.0447. The van der Waals surface area contributed by atoms with Crippen LogP contribution in [0.3, 0.4) is 0 Å². The number of thiophene rings is 1. The molecule has 0 amide bonds. The zero-order chi connectivity index (χ0) is 10.6. The second kappa shape index (κ2) is 5.27. The molecule has 0 saturated carbocycles. The number of rotatable bonds is 5. The predicted octanol–water partition coefficient (Wildman–Crippen LogP) is 3.05. The first-order valence-electron chi connectivity index (χ1n) is 4.90. The first-order valence-corrected chi connectivity index (χ1v) is 5.78. The Kier molecular flexibility index (Phi) is 4.29. The van der Waals surface area contributed by atoms with E-state index < -0.39 is 0 Å². The largest absolute Gasteiger partial charge is 0.370 e. The third kappa shape index (κ3) is 2.42. The third-order valence-corrected chi connectivity index (χ3v) is 3.15. The van der Waals surface area contributed by atoms with Gasteiger partial charge in [0.25, 0.3) is 0 Å². The van der Waals surface area contributed by atoms with E-state index in [1.165, 1.54) is 11.3 Å². The average Bonchev–Trinajstić information content (AvgIpc) is 2.59. The SMILES string of the molecule is CCOC(CC)C(=O)c1sccc1C. The molecule has 78 valence electrons. The van der Waals surface area contributed by atoms with Gasteiger partial charge in [-0.15, -0.1) is 11.3 Å². The Hall–Kier alpha value is -0.670. The Bertz CT molecular complexity index is 304. The second-order valence-corrected chi connectivity index (χ2v) is 4.07. The lowest BCUT2D eigenvalue weighted by Gasteiger charge is -2.12. The molecule has 14 heavy (non-hydrogen) atoms. The molecule has 1 aromatic heterocycles. The van der Waals surface area contributed by atoms with Gasteiger partial charge in [0.1, 0.15) is 6.10 Å². The van der Waals surface area contributed by atoms with Gasteiger partial charge in [0.05, 0.1) is 4.88 Å². The third-order valence-electron chi connectivity index (χ3n) is 2.12. The minimum Gasteiger partial charge on any atom is -0.370 e. The molecular weight excluding hydrogens is 196 g/mol. The van der Waals surface area contributed by atoms with Crippen molar-refractivity contribution < 1.29 is 9.53 Å². The number of ketones is 1. The summed E-state index contributed by atoms with van der Waals surface area (Å²) in [4.78, 5) is 12.8. The summed E-state index contributed by atoms with van der Waals surface area (Å²) in [5, 5.41) is 1.95. The summed E-state index contributed by atoms with van der Waals surface area (Å²) in [5.74, 6) is 0.127. The van der Waals surface area contributed by atoms with Gasteiger partial charge in [-0.25, -0.2) is 0 Å². The molecule has 0 aromatic carbocycles. The van der Waals surface area contributed by atoms with Gasteiger partial charge in [0.2, 0.25) is 5.78 Å². The maximum absolute atomic E-state index is 11.9. The Morgan fingerprint density at radius 3 is 2.71 bits per heavy atom. The molecule has 0 saturated heterocycles. The number of ether oxygens (including phenoxy) is 1. The quantitative estimate of drug-likeness (QED) is 0.701. The van der Waals surface area contributed by atoms with Crippen molar-refractivity contribution in [3.63, 3.8) is 0 Å². The Morgan fingerprint density at radius 2 is 2.29 bits per heavy atom. The highest BCUT2D eigenvalue weighted by atomic mass is 32.1. The van der Waals surface area contributed by atoms with Crippen molar-refractivity contribution in [3.8, 4) is 0 Å². The van der Waals surface area contributed by atoms with E-state index in [4.69, 9.17) is 4.74 Å². The Balaban J connectivity index is 2.78. The summed E-state index contributed by atoms with van der Waals surface area (Å²) in [7, 11) is 0. The highest BCUT2D eigenvalue weighted by molar-refractivity contribution is 7.12. The van der Waals surface area contributed by atoms with Crippen molar-refractivity contribution in [2.24, 2.45) is 0 Å². The van der Waals surface area contributed by atoms with Crippen molar-refractivity contribution in [2.45, 2.75) is 33.3 Å². The fraction of sp³-hybridized carbons (Fsp3) is 0.545. The number of aryl methyl sites for hydroxylation is 1. The van der Waals surface area contributed by atoms with Gasteiger partial charge in [0, 0.05) is 6.61 Å². The van der Waals surface area contributed by atoms with Crippen molar-refractivity contribution in [1.82, 2.24) is 0 Å². The molecule has 0 aliphatic rings. The molecule has 1 unspecified atom stereocenters. The zero-order valence-electron chi connectivity index (χ0n) is 8.87. The van der Waals surface area contributed by atoms with Crippen LogP contribution in [0.25, 0.3) is 0 Å². The zero-order valence-corrected chi connectivity index (χ0v) is 9.69. The normalized spacial score (nSPS) is 12.8. The molecule has 0 N–H and O–H groups in total. The number of carbonyl (C=O) groups is 1. The van der Waals surface area contributed by atoms with Gasteiger partial charge in [-0.05, 0) is 37.3 Å². The van der Waals surface area contributed by atoms with Crippen molar-refractivity contribution in [2.75, 3.05) is 6.61 Å². The molecule has 0 aliphatic carbocycles. The van der Waals surface area contributed by atoms with Gasteiger partial charge in [-0.1, -0.05) is 6.92 Å². The van der Waals surface area contributed by atoms with Crippen LogP contribution >= 0.6 is 11.3 Å². The van der Waals surface area contributed by atoms with E-state index in [0.29, 0.717) is 6.61 Å². The van der Waals surface area contributed by atoms with Crippen LogP contribution < -0.4 is 0 Å². The number of hydrogen-bond acceptors (Lipinski definition) is 3. The molecule has 2 nitrogen and oxygen atoms in total. The molecule has 1 rings (SSSR count). The van der Waals surface area contributed by atoms with E-state index in [1.807, 2.05) is 32.2 Å². The summed E-state index contributed by atoms with van der Waals surface area (Å²) in [6.45, 7) is 6.44. The van der Waals surface area contributed by atoms with Crippen LogP contribution in [-0.2, 0) is 4.74 Å². The number of Topliss-reactive ketones (excluding diaryl/α,β-unsaturated/α-hetero) is 1. The van der Waals surface area contributed by atoms with Crippen molar-refractivity contribution in [1.29, 1.82) is 0 Å². The molecule has 0 bridgehead atoms. The average molecular weight is 212 g/mol. The van der Waals surface area contributed by atoms with Crippen LogP contribution in [0, 0.1) is 6.92 Å². The fourth-order valence-corrected chi connectivity index (χ4v) is 2.26. The summed E-state index contributed by atoms with van der Waals surface area (Å²) in [6.07, 6.45) is 0.474. The van der Waals surface area contributed by atoms with E-state index in [0.717, 1.165) is 16.9 Å². The lowest BCUT2D eigenvalue weighted by Crippen LogP contribution is -2.23. The highest BCUT2D eigenvalue weighted by Gasteiger charge is 2.20. The summed E-state index contributed by atoms with van der Waals surface area (Å²) >= 11 is 1.50. The molecular formula is C11H16O2S. The van der Waals surface area contributed by atoms with Gasteiger partial charge in [0.15, 0.2) is 0 Å². The first-order chi connectivity index (χ1) is 6.70. The standard InChI is InChI=1S/C11H16O2S/c1-4-9(13-5-2)10(12)11-8(3)6-7-14-11/h6-7,9H,4-5H2,1-3H3. The van der Waals surface area contributed by atoms with E-state index in [2.05, 4.69) is 0 Å². The predicted molar refractivity (Wildman–Crippen MR) is 59.1 cm³/mol. The number of hydrogen-bond donors (Lipinski definition) is 0. The number of carbonyl (C=O) groups excluding carboxylic acids is 1. The van der Waals surface area contributed by atoms with Crippen LogP contribution in [0.1, 0.15) is 35.5 Å². The Morgan fingerprint density at radius 1 is 1.57 bits per heavy atom. The monoisotopic (exact) mass is 212 g/mol. The van der Waals surface area contributed by atoms with Crippen LogP contribution in [0.4, 0.5) is 0 Å².